The maximum absolute atomic E-state index is 13.1. The van der Waals surface area contributed by atoms with E-state index >= 15 is 0 Å². The van der Waals surface area contributed by atoms with Gasteiger partial charge in [0.25, 0.3) is 0 Å². The first kappa shape index (κ1) is 26.3. The molecule has 0 radical (unpaired) electrons. The van der Waals surface area contributed by atoms with E-state index in [2.05, 4.69) is 39.0 Å². The summed E-state index contributed by atoms with van der Waals surface area (Å²) in [6.45, 7) is 6.08. The van der Waals surface area contributed by atoms with E-state index < -0.39 is 11.4 Å². The van der Waals surface area contributed by atoms with Crippen LogP contribution in [0.15, 0.2) is 58.8 Å². The number of pyridine rings is 1. The fourth-order valence-electron chi connectivity index (χ4n) is 5.40. The van der Waals surface area contributed by atoms with Gasteiger partial charge in [-0.05, 0) is 75.5 Å². The lowest BCUT2D eigenvalue weighted by molar-refractivity contribution is 0.139. The van der Waals surface area contributed by atoms with Gasteiger partial charge in [-0.1, -0.05) is 59.2 Å². The summed E-state index contributed by atoms with van der Waals surface area (Å²) in [7, 11) is 0. The van der Waals surface area contributed by atoms with Gasteiger partial charge in [-0.2, -0.15) is 0 Å². The second kappa shape index (κ2) is 10.4. The highest BCUT2D eigenvalue weighted by atomic mass is 35.5. The molecule has 0 saturated heterocycles. The number of halogens is 2. The standard InChI is InChI=1S/C27H30Cl2N4OS2/c1-26(2,3)36(34)33-24-19-7-5-4-6-18(19)14-27(24)11-8-17(9-12-27)20-15-32-22(16-31-20)35-21-10-13-30-25(29)23(21)28/h4-7,10,13,15-17,24,33H,8-9,11-12,14H2,1-3H3/t17-,24?,27+,36-/m1/s1. The Morgan fingerprint density at radius 2 is 1.81 bits per heavy atom. The first-order valence-electron chi connectivity index (χ1n) is 12.2. The summed E-state index contributed by atoms with van der Waals surface area (Å²) in [5.74, 6) is 0.374. The van der Waals surface area contributed by atoms with Crippen LogP contribution in [-0.2, 0) is 17.8 Å². The molecule has 1 fully saturated rings. The van der Waals surface area contributed by atoms with E-state index in [-0.39, 0.29) is 21.4 Å². The van der Waals surface area contributed by atoms with Gasteiger partial charge in [0.15, 0.2) is 0 Å². The summed E-state index contributed by atoms with van der Waals surface area (Å²) in [6.07, 6.45) is 10.6. The van der Waals surface area contributed by atoms with Crippen LogP contribution < -0.4 is 4.72 Å². The zero-order chi connectivity index (χ0) is 25.5. The molecule has 190 valence electrons. The van der Waals surface area contributed by atoms with Crippen LogP contribution in [0, 0.1) is 5.41 Å². The van der Waals surface area contributed by atoms with Crippen LogP contribution in [0.5, 0.6) is 0 Å². The maximum Gasteiger partial charge on any atom is 0.148 e. The van der Waals surface area contributed by atoms with Crippen molar-refractivity contribution in [2.45, 2.75) is 79.5 Å². The number of fused-ring (bicyclic) bond motifs is 1. The first-order valence-corrected chi connectivity index (χ1v) is 14.9. The Bertz CT molecular complexity index is 1230. The number of aromatic nitrogens is 3. The Morgan fingerprint density at radius 1 is 1.06 bits per heavy atom. The average molecular weight is 562 g/mol. The number of rotatable bonds is 5. The molecule has 2 aliphatic carbocycles. The first-order chi connectivity index (χ1) is 17.2. The third kappa shape index (κ3) is 5.29. The zero-order valence-electron chi connectivity index (χ0n) is 20.6. The molecule has 36 heavy (non-hydrogen) atoms. The Balaban J connectivity index is 1.29. The second-order valence-corrected chi connectivity index (χ2v) is 14.5. The van der Waals surface area contributed by atoms with Gasteiger partial charge < -0.3 is 4.55 Å². The largest absolute Gasteiger partial charge is 0.598 e. The molecule has 1 spiro atoms. The van der Waals surface area contributed by atoms with Gasteiger partial charge in [-0.15, -0.1) is 4.72 Å². The Labute approximate surface area is 230 Å². The van der Waals surface area contributed by atoms with Gasteiger partial charge in [0, 0.05) is 28.4 Å². The summed E-state index contributed by atoms with van der Waals surface area (Å²) >= 11 is 12.6. The smallest absolute Gasteiger partial charge is 0.148 e. The van der Waals surface area contributed by atoms with E-state index in [0.717, 1.165) is 47.7 Å². The van der Waals surface area contributed by atoms with E-state index in [9.17, 15) is 4.55 Å². The molecule has 0 amide bonds. The van der Waals surface area contributed by atoms with Crippen molar-refractivity contribution in [1.82, 2.24) is 19.7 Å². The van der Waals surface area contributed by atoms with Crippen LogP contribution in [0.3, 0.4) is 0 Å². The molecule has 5 rings (SSSR count). The molecular weight excluding hydrogens is 531 g/mol. The summed E-state index contributed by atoms with van der Waals surface area (Å²) in [6, 6.07) is 10.6. The molecule has 2 aliphatic rings. The summed E-state index contributed by atoms with van der Waals surface area (Å²) in [5, 5.41) is 1.49. The van der Waals surface area contributed by atoms with Crippen molar-refractivity contribution < 1.29 is 4.55 Å². The van der Waals surface area contributed by atoms with Gasteiger partial charge in [0.1, 0.15) is 14.9 Å². The predicted molar refractivity (Wildman–Crippen MR) is 148 cm³/mol. The zero-order valence-corrected chi connectivity index (χ0v) is 23.8. The fraction of sp³-hybridized carbons (Fsp3) is 0.444. The molecule has 5 nitrogen and oxygen atoms in total. The Morgan fingerprint density at radius 3 is 2.50 bits per heavy atom. The van der Waals surface area contributed by atoms with Crippen LogP contribution in [0.2, 0.25) is 10.2 Å². The molecule has 1 saturated carbocycles. The molecule has 2 atom stereocenters. The summed E-state index contributed by atoms with van der Waals surface area (Å²) in [5.41, 5.74) is 3.81. The summed E-state index contributed by atoms with van der Waals surface area (Å²) < 4.78 is 16.3. The molecule has 2 heterocycles. The van der Waals surface area contributed by atoms with E-state index in [1.807, 2.05) is 39.2 Å². The maximum atomic E-state index is 13.1. The molecule has 2 aromatic heterocycles. The van der Waals surface area contributed by atoms with Crippen molar-refractivity contribution in [2.75, 3.05) is 0 Å². The number of nitrogens with zero attached hydrogens (tertiary/aromatic N) is 3. The normalized spacial score (nSPS) is 24.6. The lowest BCUT2D eigenvalue weighted by Gasteiger charge is -2.42. The minimum atomic E-state index is -1.13. The highest BCUT2D eigenvalue weighted by molar-refractivity contribution is 7.99. The van der Waals surface area contributed by atoms with E-state index in [1.165, 1.54) is 22.9 Å². The van der Waals surface area contributed by atoms with Gasteiger partial charge in [-0.25, -0.2) is 9.97 Å². The molecular formula is C27H30Cl2N4OS2. The second-order valence-electron chi connectivity index (χ2n) is 10.7. The Hall–Kier alpha value is -1.35. The van der Waals surface area contributed by atoms with Crippen molar-refractivity contribution in [2.24, 2.45) is 5.41 Å². The number of nitrogens with one attached hydrogen (secondary N) is 1. The minimum Gasteiger partial charge on any atom is -0.598 e. The molecule has 0 aliphatic heterocycles. The third-order valence-corrected chi connectivity index (χ3v) is 10.8. The van der Waals surface area contributed by atoms with Crippen LogP contribution >= 0.6 is 35.0 Å². The lowest BCUT2D eigenvalue weighted by atomic mass is 9.66. The number of hydrogen-bond donors (Lipinski definition) is 1. The average Bonchev–Trinajstić information content (AvgIpc) is 3.15. The lowest BCUT2D eigenvalue weighted by Crippen LogP contribution is -2.46. The van der Waals surface area contributed by atoms with Crippen molar-refractivity contribution in [3.63, 3.8) is 0 Å². The quantitative estimate of drug-likeness (QED) is 0.260. The third-order valence-electron chi connectivity index (χ3n) is 7.38. The number of benzene rings is 1. The van der Waals surface area contributed by atoms with Gasteiger partial charge in [0.05, 0.1) is 29.2 Å². The summed E-state index contributed by atoms with van der Waals surface area (Å²) in [4.78, 5) is 14.2. The van der Waals surface area contributed by atoms with Crippen molar-refractivity contribution in [1.29, 1.82) is 0 Å². The highest BCUT2D eigenvalue weighted by Crippen LogP contribution is 2.56. The van der Waals surface area contributed by atoms with Gasteiger partial charge >= 0.3 is 0 Å². The van der Waals surface area contributed by atoms with Gasteiger partial charge in [0.2, 0.25) is 0 Å². The molecule has 1 unspecified atom stereocenters. The topological polar surface area (TPSA) is 73.8 Å². The van der Waals surface area contributed by atoms with Crippen LogP contribution in [0.1, 0.15) is 75.2 Å². The fourth-order valence-corrected chi connectivity index (χ4v) is 7.53. The minimum absolute atomic E-state index is 0.0850. The molecule has 1 N–H and O–H groups in total. The Kier molecular flexibility index (Phi) is 7.61. The molecule has 0 bridgehead atoms. The van der Waals surface area contributed by atoms with E-state index in [4.69, 9.17) is 28.2 Å². The van der Waals surface area contributed by atoms with Gasteiger partial charge in [-0.3, -0.25) is 4.98 Å². The molecule has 9 heteroatoms. The van der Waals surface area contributed by atoms with E-state index in [1.54, 1.807) is 6.20 Å². The van der Waals surface area contributed by atoms with Crippen LogP contribution in [0.25, 0.3) is 0 Å². The van der Waals surface area contributed by atoms with Crippen LogP contribution in [0.4, 0.5) is 0 Å². The van der Waals surface area contributed by atoms with Crippen molar-refractivity contribution in [3.8, 4) is 0 Å². The predicted octanol–water partition coefficient (Wildman–Crippen LogP) is 7.32. The molecule has 3 aromatic rings. The van der Waals surface area contributed by atoms with Crippen molar-refractivity contribution in [3.05, 3.63) is 75.9 Å². The highest BCUT2D eigenvalue weighted by Gasteiger charge is 2.50. The molecule has 1 aromatic carbocycles. The monoisotopic (exact) mass is 560 g/mol. The number of hydrogen-bond acceptors (Lipinski definition) is 6. The van der Waals surface area contributed by atoms with Crippen LogP contribution in [-0.4, -0.2) is 24.3 Å². The van der Waals surface area contributed by atoms with Crippen molar-refractivity contribution >= 4 is 46.3 Å². The SMILES string of the molecule is CC(C)(C)[S@@+]([O-])NC1c2ccccc2C[C@]12CC[C@H](c1cnc(Sc3ccnc(Cl)c3Cl)cn1)CC2. The van der Waals surface area contributed by atoms with E-state index in [0.29, 0.717) is 10.9 Å².